The van der Waals surface area contributed by atoms with Crippen LogP contribution >= 0.6 is 11.8 Å². The van der Waals surface area contributed by atoms with Gasteiger partial charge in [-0.05, 0) is 13.3 Å². The highest BCUT2D eigenvalue weighted by Gasteiger charge is 2.18. The number of rotatable bonds is 9. The van der Waals surface area contributed by atoms with Crippen molar-refractivity contribution in [3.05, 3.63) is 0 Å². The number of carbonyl (C=O) groups is 3. The summed E-state index contributed by atoms with van der Waals surface area (Å²) in [5, 5.41) is 14.0. The molecular weight excluding hydrogens is 268 g/mol. The molecule has 0 heterocycles. The van der Waals surface area contributed by atoms with Crippen LogP contribution in [0.2, 0.25) is 0 Å². The maximum Gasteiger partial charge on any atom is 0.327 e. The van der Waals surface area contributed by atoms with Crippen LogP contribution in [0.1, 0.15) is 33.6 Å². The highest BCUT2D eigenvalue weighted by Crippen LogP contribution is 2.04. The van der Waals surface area contributed by atoms with Crippen LogP contribution in [0.5, 0.6) is 0 Å². The van der Waals surface area contributed by atoms with Gasteiger partial charge in [0.05, 0.1) is 5.75 Å². The molecule has 0 aliphatic carbocycles. The van der Waals surface area contributed by atoms with Gasteiger partial charge in [0.1, 0.15) is 6.04 Å². The van der Waals surface area contributed by atoms with E-state index in [-0.39, 0.29) is 23.5 Å². The predicted octanol–water partition coefficient (Wildman–Crippen LogP) is 0.614. The number of carboxylic acids is 1. The first-order chi connectivity index (χ1) is 8.86. The van der Waals surface area contributed by atoms with E-state index in [1.54, 1.807) is 0 Å². The van der Waals surface area contributed by atoms with Crippen LogP contribution in [-0.2, 0) is 14.4 Å². The van der Waals surface area contributed by atoms with Crippen molar-refractivity contribution in [2.45, 2.75) is 45.7 Å². The topological polar surface area (TPSA) is 95.5 Å². The Balaban J connectivity index is 3.95. The summed E-state index contributed by atoms with van der Waals surface area (Å²) in [5.41, 5.74) is 0. The molecule has 2 atom stereocenters. The van der Waals surface area contributed by atoms with E-state index in [1.165, 1.54) is 18.7 Å². The molecule has 0 aromatic rings. The van der Waals surface area contributed by atoms with Crippen molar-refractivity contribution >= 4 is 29.5 Å². The van der Waals surface area contributed by atoms with Gasteiger partial charge in [-0.3, -0.25) is 9.59 Å². The Morgan fingerprint density at radius 2 is 1.89 bits per heavy atom. The zero-order valence-corrected chi connectivity index (χ0v) is 12.4. The van der Waals surface area contributed by atoms with Crippen molar-refractivity contribution < 1.29 is 19.5 Å². The summed E-state index contributed by atoms with van der Waals surface area (Å²) in [6.07, 6.45) is 1.91. The number of aliphatic carboxylic acids is 1. The Hall–Kier alpha value is -1.24. The third kappa shape index (κ3) is 9.35. The molecule has 0 aliphatic rings. The molecule has 7 heteroatoms. The summed E-state index contributed by atoms with van der Waals surface area (Å²) in [7, 11) is 0. The number of hydrogen-bond acceptors (Lipinski definition) is 4. The van der Waals surface area contributed by atoms with Gasteiger partial charge >= 0.3 is 5.97 Å². The molecule has 0 fully saturated rings. The fourth-order valence-electron chi connectivity index (χ4n) is 1.51. The van der Waals surface area contributed by atoms with Gasteiger partial charge in [0.15, 0.2) is 0 Å². The molecule has 0 radical (unpaired) electrons. The first kappa shape index (κ1) is 17.8. The maximum absolute atomic E-state index is 11.5. The smallest absolute Gasteiger partial charge is 0.327 e. The Labute approximate surface area is 117 Å². The van der Waals surface area contributed by atoms with Gasteiger partial charge in [-0.2, -0.15) is 0 Å². The SMILES string of the molecule is CCCC(C)NC(=O)CSC[C@H](NC(C)=O)C(=O)O. The molecule has 0 saturated heterocycles. The minimum absolute atomic E-state index is 0.113. The lowest BCUT2D eigenvalue weighted by atomic mass is 10.2. The van der Waals surface area contributed by atoms with Gasteiger partial charge in [-0.25, -0.2) is 4.79 Å². The standard InChI is InChI=1S/C12H22N2O4S/c1-4-5-8(2)13-11(16)7-19-6-10(12(17)18)14-9(3)15/h8,10H,4-7H2,1-3H3,(H,13,16)(H,14,15)(H,17,18)/t8?,10-/m0/s1. The van der Waals surface area contributed by atoms with Crippen molar-refractivity contribution in [1.82, 2.24) is 10.6 Å². The highest BCUT2D eigenvalue weighted by atomic mass is 32.2. The zero-order valence-electron chi connectivity index (χ0n) is 11.6. The summed E-state index contributed by atoms with van der Waals surface area (Å²) < 4.78 is 0. The highest BCUT2D eigenvalue weighted by molar-refractivity contribution is 8.00. The maximum atomic E-state index is 11.5. The van der Waals surface area contributed by atoms with E-state index in [9.17, 15) is 14.4 Å². The number of thioether (sulfide) groups is 1. The molecule has 0 bridgehead atoms. The van der Waals surface area contributed by atoms with Crippen molar-refractivity contribution in [2.75, 3.05) is 11.5 Å². The van der Waals surface area contributed by atoms with E-state index in [4.69, 9.17) is 5.11 Å². The average molecular weight is 290 g/mol. The fraction of sp³-hybridized carbons (Fsp3) is 0.750. The number of carbonyl (C=O) groups excluding carboxylic acids is 2. The van der Waals surface area contributed by atoms with Crippen LogP contribution in [-0.4, -0.2) is 46.5 Å². The quantitative estimate of drug-likeness (QED) is 0.578. The number of hydrogen-bond donors (Lipinski definition) is 3. The molecule has 0 saturated carbocycles. The fourth-order valence-corrected chi connectivity index (χ4v) is 2.36. The first-order valence-corrected chi connectivity index (χ1v) is 7.39. The molecule has 0 aromatic heterocycles. The van der Waals surface area contributed by atoms with Crippen LogP contribution < -0.4 is 10.6 Å². The van der Waals surface area contributed by atoms with Crippen molar-refractivity contribution in [3.8, 4) is 0 Å². The Morgan fingerprint density at radius 3 is 2.37 bits per heavy atom. The molecular formula is C12H22N2O4S. The molecule has 0 aromatic carbocycles. The third-order valence-electron chi connectivity index (χ3n) is 2.32. The minimum Gasteiger partial charge on any atom is -0.480 e. The molecule has 19 heavy (non-hydrogen) atoms. The Bertz CT molecular complexity index is 323. The summed E-state index contributed by atoms with van der Waals surface area (Å²) in [5.74, 6) is -1.24. The lowest BCUT2D eigenvalue weighted by molar-refractivity contribution is -0.140. The largest absolute Gasteiger partial charge is 0.480 e. The molecule has 3 N–H and O–H groups in total. The van der Waals surface area contributed by atoms with Crippen LogP contribution in [0.3, 0.4) is 0 Å². The molecule has 2 amide bonds. The second kappa shape index (κ2) is 9.66. The lowest BCUT2D eigenvalue weighted by Crippen LogP contribution is -2.42. The van der Waals surface area contributed by atoms with E-state index in [0.29, 0.717) is 0 Å². The van der Waals surface area contributed by atoms with Gasteiger partial charge in [0.25, 0.3) is 0 Å². The normalized spacial score (nSPS) is 13.4. The molecule has 6 nitrogen and oxygen atoms in total. The van der Waals surface area contributed by atoms with Crippen LogP contribution in [0.4, 0.5) is 0 Å². The van der Waals surface area contributed by atoms with E-state index >= 15 is 0 Å². The van der Waals surface area contributed by atoms with Crippen LogP contribution in [0.25, 0.3) is 0 Å². The molecule has 0 aliphatic heterocycles. The first-order valence-electron chi connectivity index (χ1n) is 6.23. The number of carboxylic acid groups (broad SMARTS) is 1. The Morgan fingerprint density at radius 1 is 1.26 bits per heavy atom. The zero-order chi connectivity index (χ0) is 14.8. The number of nitrogens with one attached hydrogen (secondary N) is 2. The summed E-state index contributed by atoms with van der Waals surface area (Å²) in [4.78, 5) is 33.2. The van der Waals surface area contributed by atoms with Crippen LogP contribution in [0, 0.1) is 0 Å². The van der Waals surface area contributed by atoms with Gasteiger partial charge in [-0.1, -0.05) is 13.3 Å². The van der Waals surface area contributed by atoms with Crippen molar-refractivity contribution in [3.63, 3.8) is 0 Å². The van der Waals surface area contributed by atoms with E-state index in [1.807, 2.05) is 13.8 Å². The van der Waals surface area contributed by atoms with E-state index in [0.717, 1.165) is 12.8 Å². The Kier molecular flexibility index (Phi) is 9.03. The second-order valence-electron chi connectivity index (χ2n) is 4.36. The second-order valence-corrected chi connectivity index (χ2v) is 5.39. The third-order valence-corrected chi connectivity index (χ3v) is 3.36. The predicted molar refractivity (Wildman–Crippen MR) is 75.1 cm³/mol. The lowest BCUT2D eigenvalue weighted by Gasteiger charge is -2.14. The van der Waals surface area contributed by atoms with Crippen molar-refractivity contribution in [1.29, 1.82) is 0 Å². The van der Waals surface area contributed by atoms with Gasteiger partial charge < -0.3 is 15.7 Å². The minimum atomic E-state index is -1.09. The van der Waals surface area contributed by atoms with E-state index in [2.05, 4.69) is 10.6 Å². The van der Waals surface area contributed by atoms with Gasteiger partial charge in [0, 0.05) is 18.7 Å². The molecule has 110 valence electrons. The molecule has 1 unspecified atom stereocenters. The number of amides is 2. The molecule has 0 rings (SSSR count). The van der Waals surface area contributed by atoms with Gasteiger partial charge in [0.2, 0.25) is 11.8 Å². The monoisotopic (exact) mass is 290 g/mol. The van der Waals surface area contributed by atoms with Crippen molar-refractivity contribution in [2.24, 2.45) is 0 Å². The van der Waals surface area contributed by atoms with E-state index < -0.39 is 17.9 Å². The van der Waals surface area contributed by atoms with Gasteiger partial charge in [-0.15, -0.1) is 11.8 Å². The molecule has 0 spiro atoms. The van der Waals surface area contributed by atoms with Crippen LogP contribution in [0.15, 0.2) is 0 Å². The summed E-state index contributed by atoms with van der Waals surface area (Å²) >= 11 is 1.19. The summed E-state index contributed by atoms with van der Waals surface area (Å²) in [6.45, 7) is 5.24. The average Bonchev–Trinajstić information content (AvgIpc) is 2.27. The summed E-state index contributed by atoms with van der Waals surface area (Å²) in [6, 6.07) is -0.827.